The van der Waals surface area contributed by atoms with E-state index in [-0.39, 0.29) is 18.6 Å². The highest BCUT2D eigenvalue weighted by Crippen LogP contribution is 2.39. The Balaban J connectivity index is 1.38. The van der Waals surface area contributed by atoms with Crippen molar-refractivity contribution in [1.82, 2.24) is 20.2 Å². The van der Waals surface area contributed by atoms with Crippen molar-refractivity contribution in [2.75, 3.05) is 56.0 Å². The van der Waals surface area contributed by atoms with Gasteiger partial charge in [-0.25, -0.2) is 9.37 Å². The number of fused-ring (bicyclic) bond motifs is 1. The van der Waals surface area contributed by atoms with Crippen LogP contribution in [0.5, 0.6) is 5.75 Å². The average molecular weight is 542 g/mol. The number of piperidine rings is 1. The second-order valence-electron chi connectivity index (χ2n) is 11.3. The van der Waals surface area contributed by atoms with Crippen molar-refractivity contribution in [2.24, 2.45) is 0 Å². The molecule has 2 aromatic rings. The lowest BCUT2D eigenvalue weighted by molar-refractivity contribution is -0.128. The van der Waals surface area contributed by atoms with Crippen molar-refractivity contribution in [1.29, 1.82) is 0 Å². The lowest BCUT2D eigenvalue weighted by Crippen LogP contribution is -2.49. The van der Waals surface area contributed by atoms with Crippen molar-refractivity contribution in [3.8, 4) is 5.75 Å². The second kappa shape index (κ2) is 11.2. The highest BCUT2D eigenvalue weighted by atomic mass is 19.1. The van der Waals surface area contributed by atoms with Crippen LogP contribution in [0.4, 0.5) is 27.5 Å². The van der Waals surface area contributed by atoms with Gasteiger partial charge in [-0.1, -0.05) is 18.9 Å². The highest BCUT2D eigenvalue weighted by molar-refractivity contribution is 6.02. The number of halogens is 1. The van der Waals surface area contributed by atoms with Crippen LogP contribution in [0.3, 0.4) is 0 Å². The number of benzene rings is 1. The fourth-order valence-electron chi connectivity index (χ4n) is 5.91. The molecule has 1 aromatic heterocycles. The molecule has 5 rings (SSSR count). The molecule has 2 fully saturated rings. The zero-order valence-electron chi connectivity index (χ0n) is 23.3. The van der Waals surface area contributed by atoms with E-state index in [0.717, 1.165) is 51.6 Å². The van der Waals surface area contributed by atoms with E-state index in [1.54, 1.807) is 26.4 Å². The maximum atomic E-state index is 15.5. The molecule has 2 unspecified atom stereocenters. The lowest BCUT2D eigenvalue weighted by Gasteiger charge is -2.32. The minimum Gasteiger partial charge on any atom is -0.495 e. The van der Waals surface area contributed by atoms with Gasteiger partial charge in [-0.15, -0.1) is 0 Å². The summed E-state index contributed by atoms with van der Waals surface area (Å²) in [6.07, 6.45) is 6.74. The zero-order valence-corrected chi connectivity index (χ0v) is 23.3. The molecule has 0 radical (unpaired) electrons. The van der Waals surface area contributed by atoms with E-state index in [1.165, 1.54) is 11.8 Å². The van der Waals surface area contributed by atoms with Crippen molar-refractivity contribution < 1.29 is 19.0 Å². The molecular weight excluding hydrogens is 501 g/mol. The minimum absolute atomic E-state index is 0.0511. The van der Waals surface area contributed by atoms with Gasteiger partial charge in [-0.05, 0) is 70.4 Å². The number of hydrogen-bond acceptors (Lipinski definition) is 9. The number of nitrogens with zero attached hydrogens (tertiary/aromatic N) is 5. The Kier molecular flexibility index (Phi) is 7.93. The van der Waals surface area contributed by atoms with Crippen LogP contribution in [0, 0.1) is 0 Å². The molecule has 2 atom stereocenters. The Hall–Kier alpha value is -3.02. The first-order valence-corrected chi connectivity index (χ1v) is 13.8. The first-order chi connectivity index (χ1) is 18.7. The molecule has 39 heavy (non-hydrogen) atoms. The van der Waals surface area contributed by atoms with E-state index in [4.69, 9.17) is 9.72 Å². The molecule has 2 aliphatic heterocycles. The maximum Gasteiger partial charge on any atom is 0.266 e. The molecule has 1 aromatic carbocycles. The summed E-state index contributed by atoms with van der Waals surface area (Å²) in [7, 11) is 5.25. The van der Waals surface area contributed by atoms with Crippen LogP contribution >= 0.6 is 0 Å². The number of rotatable bonds is 7. The number of likely N-dealkylation sites (tertiary alicyclic amines) is 1. The number of hydrogen-bond donors (Lipinski definition) is 3. The second-order valence-corrected chi connectivity index (χ2v) is 11.3. The molecule has 10 nitrogen and oxygen atoms in total. The molecule has 0 spiro atoms. The smallest absolute Gasteiger partial charge is 0.266 e. The van der Waals surface area contributed by atoms with Gasteiger partial charge in [0.2, 0.25) is 11.6 Å². The number of aliphatic hydroxyl groups excluding tert-OH is 1. The largest absolute Gasteiger partial charge is 0.495 e. The monoisotopic (exact) mass is 541 g/mol. The maximum absolute atomic E-state index is 15.5. The molecule has 1 saturated carbocycles. The standard InChI is InChI=1S/C28H40FN7O3/c1-28(29)17-36(20-7-5-6-8-20)24-22(35(3)26(28)38)16-30-27(33-24)32-21-10-9-18(15-23(21)39-4)25(37)31-19-11-13-34(2)14-12-19/h9-10,15-16,19-20,25,31,37H,5-8,11-14,17H2,1-4H3,(H,30,32,33). The highest BCUT2D eigenvalue weighted by Gasteiger charge is 2.45. The SMILES string of the molecule is COc1cc(C(O)NC2CCN(C)CC2)ccc1Nc1ncc2c(n1)N(C1CCCC1)CC(C)(F)C(=O)N2C. The van der Waals surface area contributed by atoms with Crippen molar-refractivity contribution in [3.05, 3.63) is 30.0 Å². The van der Waals surface area contributed by atoms with Crippen LogP contribution in [-0.4, -0.2) is 84.5 Å². The van der Waals surface area contributed by atoms with E-state index in [9.17, 15) is 9.90 Å². The minimum atomic E-state index is -2.03. The Labute approximate surface area is 229 Å². The normalized spacial score (nSPS) is 24.0. The number of amides is 1. The molecule has 1 aliphatic carbocycles. The molecule has 11 heteroatoms. The molecule has 212 valence electrons. The van der Waals surface area contributed by atoms with Gasteiger partial charge in [0.15, 0.2) is 5.82 Å². The fraction of sp³-hybridized carbons (Fsp3) is 0.607. The number of methoxy groups -OCH3 is 1. The third-order valence-corrected chi connectivity index (χ3v) is 8.27. The van der Waals surface area contributed by atoms with Crippen molar-refractivity contribution in [3.63, 3.8) is 0 Å². The quantitative estimate of drug-likeness (QED) is 0.455. The Bertz CT molecular complexity index is 1180. The van der Waals surface area contributed by atoms with Gasteiger partial charge in [0.1, 0.15) is 17.7 Å². The third kappa shape index (κ3) is 5.80. The average Bonchev–Trinajstić information content (AvgIpc) is 3.45. The van der Waals surface area contributed by atoms with Crippen LogP contribution in [-0.2, 0) is 4.79 Å². The zero-order chi connectivity index (χ0) is 27.7. The van der Waals surface area contributed by atoms with Crippen LogP contribution in [0.25, 0.3) is 0 Å². The van der Waals surface area contributed by atoms with Gasteiger partial charge < -0.3 is 29.9 Å². The van der Waals surface area contributed by atoms with Gasteiger partial charge in [0, 0.05) is 19.1 Å². The van der Waals surface area contributed by atoms with Crippen LogP contribution in [0.1, 0.15) is 57.2 Å². The predicted molar refractivity (Wildman–Crippen MR) is 149 cm³/mol. The number of anilines is 4. The van der Waals surface area contributed by atoms with E-state index in [1.807, 2.05) is 17.0 Å². The summed E-state index contributed by atoms with van der Waals surface area (Å²) in [5.41, 5.74) is -0.209. The Morgan fingerprint density at radius 1 is 1.18 bits per heavy atom. The summed E-state index contributed by atoms with van der Waals surface area (Å²) in [5, 5.41) is 17.4. The summed E-state index contributed by atoms with van der Waals surface area (Å²) in [4.78, 5) is 27.7. The van der Waals surface area contributed by atoms with E-state index in [2.05, 4.69) is 27.6 Å². The topological polar surface area (TPSA) is 106 Å². The molecule has 3 N–H and O–H groups in total. The van der Waals surface area contributed by atoms with Gasteiger partial charge >= 0.3 is 0 Å². The fourth-order valence-corrected chi connectivity index (χ4v) is 5.91. The number of carbonyl (C=O) groups is 1. The van der Waals surface area contributed by atoms with Crippen molar-refractivity contribution >= 4 is 29.0 Å². The van der Waals surface area contributed by atoms with Crippen molar-refractivity contribution in [2.45, 2.75) is 69.4 Å². The molecule has 3 aliphatic rings. The third-order valence-electron chi connectivity index (χ3n) is 8.27. The number of aliphatic hydroxyl groups is 1. The van der Waals surface area contributed by atoms with E-state index in [0.29, 0.717) is 34.5 Å². The van der Waals surface area contributed by atoms with Crippen LogP contribution in [0.15, 0.2) is 24.4 Å². The molecule has 1 amide bonds. The van der Waals surface area contributed by atoms with Gasteiger partial charge in [-0.2, -0.15) is 4.98 Å². The molecule has 3 heterocycles. The predicted octanol–water partition coefficient (Wildman–Crippen LogP) is 3.36. The summed E-state index contributed by atoms with van der Waals surface area (Å²) < 4.78 is 21.1. The summed E-state index contributed by atoms with van der Waals surface area (Å²) >= 11 is 0. The summed E-state index contributed by atoms with van der Waals surface area (Å²) in [6.45, 7) is 3.30. The molecular formula is C28H40FN7O3. The van der Waals surface area contributed by atoms with Gasteiger partial charge in [0.25, 0.3) is 5.91 Å². The van der Waals surface area contributed by atoms with Crippen LogP contribution < -0.4 is 25.2 Å². The van der Waals surface area contributed by atoms with Gasteiger partial charge in [0.05, 0.1) is 25.5 Å². The number of nitrogens with one attached hydrogen (secondary N) is 2. The first-order valence-electron chi connectivity index (χ1n) is 13.8. The number of ether oxygens (including phenoxy) is 1. The number of alkyl halides is 1. The molecule has 0 bridgehead atoms. The Morgan fingerprint density at radius 2 is 1.90 bits per heavy atom. The van der Waals surface area contributed by atoms with Crippen LogP contribution in [0.2, 0.25) is 0 Å². The van der Waals surface area contributed by atoms with E-state index >= 15 is 4.39 Å². The number of carbonyl (C=O) groups excluding carboxylic acids is 1. The van der Waals surface area contributed by atoms with E-state index < -0.39 is 17.8 Å². The summed E-state index contributed by atoms with van der Waals surface area (Å²) in [5.74, 6) is 0.797. The summed E-state index contributed by atoms with van der Waals surface area (Å²) in [6, 6.07) is 5.84. The van der Waals surface area contributed by atoms with Gasteiger partial charge in [-0.3, -0.25) is 10.1 Å². The lowest BCUT2D eigenvalue weighted by atomic mass is 10.0. The molecule has 1 saturated heterocycles. The Morgan fingerprint density at radius 3 is 2.59 bits per heavy atom. The number of aromatic nitrogens is 2. The first kappa shape index (κ1) is 27.5.